The summed E-state index contributed by atoms with van der Waals surface area (Å²) in [5, 5.41) is 0. The van der Waals surface area contributed by atoms with Crippen LogP contribution >= 0.6 is 12.6 Å². The summed E-state index contributed by atoms with van der Waals surface area (Å²) in [5.41, 5.74) is 1.53. The summed E-state index contributed by atoms with van der Waals surface area (Å²) in [6, 6.07) is 34.3. The third kappa shape index (κ3) is 5.93. The standard InChI is InChI=1S/C32H26O7S/c33-29(22-13-5-1-6-14-22)36-21-26-27(37-30(34)23-15-7-2-8-16-23)28(38-31(35)24-17-9-3-10-18-24)32(40,39-26)25-19-11-4-12-20-25/h1-20,26-28,40H,21H2/t26-,27-,28-,32?/m1/s1. The first kappa shape index (κ1) is 27.2. The second-order valence-electron chi connectivity index (χ2n) is 9.11. The van der Waals surface area contributed by atoms with Crippen molar-refractivity contribution in [3.63, 3.8) is 0 Å². The molecule has 1 saturated heterocycles. The molecule has 202 valence electrons. The first-order valence-corrected chi connectivity index (χ1v) is 13.1. The Kier molecular flexibility index (Phi) is 8.28. The molecule has 1 aliphatic heterocycles. The van der Waals surface area contributed by atoms with Gasteiger partial charge in [-0.1, -0.05) is 84.9 Å². The van der Waals surface area contributed by atoms with Crippen LogP contribution in [0, 0.1) is 0 Å². The van der Waals surface area contributed by atoms with E-state index >= 15 is 0 Å². The van der Waals surface area contributed by atoms with E-state index in [0.29, 0.717) is 22.3 Å². The van der Waals surface area contributed by atoms with Gasteiger partial charge in [0.05, 0.1) is 16.7 Å². The van der Waals surface area contributed by atoms with Crippen molar-refractivity contribution in [1.82, 2.24) is 0 Å². The molecule has 0 spiro atoms. The Morgan fingerprint density at radius 3 is 1.55 bits per heavy atom. The van der Waals surface area contributed by atoms with Gasteiger partial charge in [-0.3, -0.25) is 0 Å². The van der Waals surface area contributed by atoms with Gasteiger partial charge in [0, 0.05) is 0 Å². The summed E-state index contributed by atoms with van der Waals surface area (Å²) in [6.45, 7) is -0.283. The zero-order chi connectivity index (χ0) is 28.0. The quantitative estimate of drug-likeness (QED) is 0.175. The predicted octanol–water partition coefficient (Wildman–Crippen LogP) is 5.48. The lowest BCUT2D eigenvalue weighted by Crippen LogP contribution is -2.44. The summed E-state index contributed by atoms with van der Waals surface area (Å²) in [7, 11) is 0. The second kappa shape index (κ2) is 12.2. The number of benzene rings is 4. The van der Waals surface area contributed by atoms with Gasteiger partial charge in [0.1, 0.15) is 12.7 Å². The number of rotatable bonds is 8. The van der Waals surface area contributed by atoms with E-state index < -0.39 is 41.2 Å². The normalized spacial score (nSPS) is 21.8. The number of carbonyl (C=O) groups excluding carboxylic acids is 3. The predicted molar refractivity (Wildman–Crippen MR) is 150 cm³/mol. The topological polar surface area (TPSA) is 88.1 Å². The molecular weight excluding hydrogens is 528 g/mol. The average molecular weight is 555 g/mol. The van der Waals surface area contributed by atoms with Gasteiger partial charge < -0.3 is 18.9 Å². The smallest absolute Gasteiger partial charge is 0.338 e. The Hall–Kier alpha value is -4.40. The molecule has 1 aliphatic rings. The lowest BCUT2D eigenvalue weighted by molar-refractivity contribution is -0.0510. The maximum Gasteiger partial charge on any atom is 0.338 e. The van der Waals surface area contributed by atoms with E-state index in [0.717, 1.165) is 0 Å². The minimum absolute atomic E-state index is 0.283. The molecule has 0 saturated carbocycles. The molecule has 0 aromatic heterocycles. The summed E-state index contributed by atoms with van der Waals surface area (Å²) in [4.78, 5) is 37.7. The van der Waals surface area contributed by atoms with Gasteiger partial charge in [-0.15, -0.1) is 12.6 Å². The number of hydrogen-bond acceptors (Lipinski definition) is 8. The highest BCUT2D eigenvalue weighted by Crippen LogP contribution is 2.46. The summed E-state index contributed by atoms with van der Waals surface area (Å²) >= 11 is 4.86. The zero-order valence-electron chi connectivity index (χ0n) is 21.3. The Morgan fingerprint density at radius 2 is 1.05 bits per heavy atom. The van der Waals surface area contributed by atoms with Crippen molar-refractivity contribution in [2.24, 2.45) is 0 Å². The Balaban J connectivity index is 1.49. The van der Waals surface area contributed by atoms with E-state index in [-0.39, 0.29) is 6.61 Å². The molecule has 1 fully saturated rings. The molecule has 0 N–H and O–H groups in total. The fourth-order valence-corrected chi connectivity index (χ4v) is 4.93. The number of ether oxygens (including phenoxy) is 4. The van der Waals surface area contributed by atoms with Crippen LogP contribution in [0.3, 0.4) is 0 Å². The molecule has 40 heavy (non-hydrogen) atoms. The molecule has 5 rings (SSSR count). The Labute approximate surface area is 237 Å². The van der Waals surface area contributed by atoms with Crippen molar-refractivity contribution in [2.75, 3.05) is 6.61 Å². The lowest BCUT2D eigenvalue weighted by atomic mass is 10.00. The number of carbonyl (C=O) groups is 3. The van der Waals surface area contributed by atoms with Crippen LogP contribution in [0.2, 0.25) is 0 Å². The van der Waals surface area contributed by atoms with Crippen molar-refractivity contribution in [1.29, 1.82) is 0 Å². The van der Waals surface area contributed by atoms with Crippen molar-refractivity contribution >= 4 is 30.5 Å². The van der Waals surface area contributed by atoms with Crippen LogP contribution in [-0.2, 0) is 23.9 Å². The highest BCUT2D eigenvalue weighted by Gasteiger charge is 2.59. The monoisotopic (exact) mass is 554 g/mol. The first-order chi connectivity index (χ1) is 19.5. The van der Waals surface area contributed by atoms with Crippen LogP contribution in [0.25, 0.3) is 0 Å². The molecule has 0 radical (unpaired) electrons. The van der Waals surface area contributed by atoms with E-state index in [9.17, 15) is 14.4 Å². The molecule has 1 unspecified atom stereocenters. The number of hydrogen-bond donors (Lipinski definition) is 1. The Morgan fingerprint density at radius 1 is 0.625 bits per heavy atom. The van der Waals surface area contributed by atoms with Crippen LogP contribution in [0.15, 0.2) is 121 Å². The van der Waals surface area contributed by atoms with Crippen LogP contribution < -0.4 is 0 Å². The molecule has 0 amide bonds. The van der Waals surface area contributed by atoms with Crippen LogP contribution in [0.1, 0.15) is 36.6 Å². The fourth-order valence-electron chi connectivity index (χ4n) is 4.44. The molecule has 4 atom stereocenters. The van der Waals surface area contributed by atoms with E-state index in [1.807, 2.05) is 6.07 Å². The largest absolute Gasteiger partial charge is 0.459 e. The Bertz CT molecular complexity index is 1450. The highest BCUT2D eigenvalue weighted by molar-refractivity contribution is 7.81. The van der Waals surface area contributed by atoms with Gasteiger partial charge in [0.2, 0.25) is 0 Å². The van der Waals surface area contributed by atoms with E-state index in [4.69, 9.17) is 31.6 Å². The van der Waals surface area contributed by atoms with Crippen LogP contribution in [0.5, 0.6) is 0 Å². The van der Waals surface area contributed by atoms with Crippen molar-refractivity contribution in [3.05, 3.63) is 144 Å². The van der Waals surface area contributed by atoms with Gasteiger partial charge in [0.15, 0.2) is 17.1 Å². The third-order valence-electron chi connectivity index (χ3n) is 6.45. The SMILES string of the molecule is O=C(OC[C@H]1OC(S)(c2ccccc2)[C@H](OC(=O)c2ccccc2)[C@@H]1OC(=O)c1ccccc1)c1ccccc1. The van der Waals surface area contributed by atoms with Gasteiger partial charge >= 0.3 is 17.9 Å². The maximum absolute atomic E-state index is 13.2. The van der Waals surface area contributed by atoms with E-state index in [1.54, 1.807) is 115 Å². The van der Waals surface area contributed by atoms with Crippen molar-refractivity contribution in [3.8, 4) is 0 Å². The number of esters is 3. The van der Waals surface area contributed by atoms with Crippen LogP contribution in [0.4, 0.5) is 0 Å². The van der Waals surface area contributed by atoms with Gasteiger partial charge in [-0.05, 0) is 42.0 Å². The minimum Gasteiger partial charge on any atom is -0.459 e. The third-order valence-corrected chi connectivity index (χ3v) is 7.07. The van der Waals surface area contributed by atoms with E-state index in [2.05, 4.69) is 0 Å². The van der Waals surface area contributed by atoms with E-state index in [1.165, 1.54) is 0 Å². The summed E-state index contributed by atoms with van der Waals surface area (Å²) < 4.78 is 23.8. The van der Waals surface area contributed by atoms with Gasteiger partial charge in [-0.25, -0.2) is 14.4 Å². The molecular formula is C32H26O7S. The molecule has 7 nitrogen and oxygen atoms in total. The van der Waals surface area contributed by atoms with Crippen molar-refractivity contribution in [2.45, 2.75) is 23.2 Å². The molecule has 1 heterocycles. The highest BCUT2D eigenvalue weighted by atomic mass is 32.1. The van der Waals surface area contributed by atoms with Crippen LogP contribution in [-0.4, -0.2) is 42.8 Å². The molecule has 0 bridgehead atoms. The van der Waals surface area contributed by atoms with Crippen molar-refractivity contribution < 1.29 is 33.3 Å². The average Bonchev–Trinajstić information content (AvgIpc) is 3.28. The fraction of sp³-hybridized carbons (Fsp3) is 0.156. The lowest BCUT2D eigenvalue weighted by Gasteiger charge is -2.30. The van der Waals surface area contributed by atoms with Gasteiger partial charge in [-0.2, -0.15) is 0 Å². The number of thiol groups is 1. The minimum atomic E-state index is -1.53. The van der Waals surface area contributed by atoms with Gasteiger partial charge in [0.25, 0.3) is 0 Å². The summed E-state index contributed by atoms with van der Waals surface area (Å²) in [5.74, 6) is -1.88. The first-order valence-electron chi connectivity index (χ1n) is 12.7. The second-order valence-corrected chi connectivity index (χ2v) is 9.78. The molecule has 4 aromatic rings. The zero-order valence-corrected chi connectivity index (χ0v) is 22.2. The maximum atomic E-state index is 13.2. The molecule has 4 aromatic carbocycles. The molecule has 0 aliphatic carbocycles. The molecule has 8 heteroatoms. The summed E-state index contributed by atoms with van der Waals surface area (Å²) in [6.07, 6.45) is -3.37.